The summed E-state index contributed by atoms with van der Waals surface area (Å²) in [4.78, 5) is 2.20. The summed E-state index contributed by atoms with van der Waals surface area (Å²) in [6.45, 7) is 1.91. The SMILES string of the molecule is CN(C)C(N)=[N+](C)C.Cc1ccc(S(=O)[O-])cc1. The molecule has 0 aliphatic rings. The van der Waals surface area contributed by atoms with Crippen molar-refractivity contribution < 1.29 is 13.3 Å². The third kappa shape index (κ3) is 6.36. The van der Waals surface area contributed by atoms with Gasteiger partial charge in [0.05, 0.1) is 28.2 Å². The molecule has 0 bridgehead atoms. The maximum absolute atomic E-state index is 10.3. The van der Waals surface area contributed by atoms with E-state index in [4.69, 9.17) is 5.73 Å². The maximum Gasteiger partial charge on any atom is 0.344 e. The number of hydrogen-bond acceptors (Lipinski definition) is 2. The molecular weight excluding hydrogens is 250 g/mol. The first-order chi connectivity index (χ1) is 8.25. The summed E-state index contributed by atoms with van der Waals surface area (Å²) in [7, 11) is 7.65. The largest absolute Gasteiger partial charge is 0.768 e. The van der Waals surface area contributed by atoms with Gasteiger partial charge in [-0.15, -0.1) is 0 Å². The Bertz CT molecular complexity index is 423. The van der Waals surface area contributed by atoms with Crippen LogP contribution in [0.2, 0.25) is 0 Å². The molecule has 0 aliphatic carbocycles. The van der Waals surface area contributed by atoms with Crippen LogP contribution in [0.15, 0.2) is 29.2 Å². The van der Waals surface area contributed by atoms with Crippen molar-refractivity contribution in [2.24, 2.45) is 5.73 Å². The maximum atomic E-state index is 10.3. The van der Waals surface area contributed by atoms with Gasteiger partial charge in [0.1, 0.15) is 0 Å². The summed E-state index contributed by atoms with van der Waals surface area (Å²) in [5.41, 5.74) is 6.59. The first-order valence-electron chi connectivity index (χ1n) is 5.38. The summed E-state index contributed by atoms with van der Waals surface area (Å²) in [6.07, 6.45) is 0. The molecule has 1 unspecified atom stereocenters. The predicted octanol–water partition coefficient (Wildman–Crippen LogP) is 0.368. The van der Waals surface area contributed by atoms with Crippen LogP contribution in [-0.2, 0) is 11.1 Å². The smallest absolute Gasteiger partial charge is 0.344 e. The molecule has 0 saturated carbocycles. The molecule has 2 N–H and O–H groups in total. The molecule has 0 saturated heterocycles. The highest BCUT2D eigenvalue weighted by molar-refractivity contribution is 7.79. The molecule has 1 aromatic carbocycles. The molecule has 0 aliphatic heterocycles. The molecule has 1 aromatic rings. The quantitative estimate of drug-likeness (QED) is 0.347. The van der Waals surface area contributed by atoms with E-state index < -0.39 is 11.1 Å². The van der Waals surface area contributed by atoms with Gasteiger partial charge in [-0.3, -0.25) is 19.4 Å². The zero-order chi connectivity index (χ0) is 14.3. The molecule has 0 heterocycles. The van der Waals surface area contributed by atoms with Crippen LogP contribution >= 0.6 is 0 Å². The number of nitrogens with zero attached hydrogens (tertiary/aromatic N) is 2. The number of nitrogens with two attached hydrogens (primary N) is 1. The molecule has 18 heavy (non-hydrogen) atoms. The van der Waals surface area contributed by atoms with Gasteiger partial charge < -0.3 is 4.55 Å². The average Bonchev–Trinajstić information content (AvgIpc) is 2.29. The fourth-order valence-electron chi connectivity index (χ4n) is 1.05. The van der Waals surface area contributed by atoms with Crippen LogP contribution in [0.25, 0.3) is 0 Å². The Morgan fingerprint density at radius 3 is 1.94 bits per heavy atom. The van der Waals surface area contributed by atoms with Gasteiger partial charge >= 0.3 is 5.96 Å². The van der Waals surface area contributed by atoms with Gasteiger partial charge in [-0.1, -0.05) is 17.7 Å². The van der Waals surface area contributed by atoms with Crippen molar-refractivity contribution in [3.63, 3.8) is 0 Å². The van der Waals surface area contributed by atoms with E-state index >= 15 is 0 Å². The third-order valence-electron chi connectivity index (χ3n) is 2.13. The Labute approximate surface area is 111 Å². The van der Waals surface area contributed by atoms with Crippen molar-refractivity contribution in [3.05, 3.63) is 29.8 Å². The molecule has 0 spiro atoms. The molecular formula is C12H21N3O2S. The molecule has 0 fully saturated rings. The van der Waals surface area contributed by atoms with Crippen molar-refractivity contribution in [1.82, 2.24) is 4.90 Å². The zero-order valence-corrected chi connectivity index (χ0v) is 12.3. The summed E-state index contributed by atoms with van der Waals surface area (Å²) in [5, 5.41) is 0. The van der Waals surface area contributed by atoms with Gasteiger partial charge in [-0.05, 0) is 30.1 Å². The Morgan fingerprint density at radius 1 is 1.28 bits per heavy atom. The van der Waals surface area contributed by atoms with E-state index in [-0.39, 0.29) is 0 Å². The number of benzene rings is 1. The minimum absolute atomic E-state index is 0.339. The van der Waals surface area contributed by atoms with E-state index in [1.807, 2.05) is 44.6 Å². The van der Waals surface area contributed by atoms with E-state index in [1.165, 1.54) is 0 Å². The first-order valence-corrected chi connectivity index (χ1v) is 6.46. The minimum Gasteiger partial charge on any atom is -0.768 e. The summed E-state index contributed by atoms with van der Waals surface area (Å²) in [6, 6.07) is 6.70. The van der Waals surface area contributed by atoms with E-state index in [0.29, 0.717) is 4.90 Å². The number of guanidine groups is 1. The van der Waals surface area contributed by atoms with Crippen molar-refractivity contribution in [2.45, 2.75) is 11.8 Å². The van der Waals surface area contributed by atoms with Crippen LogP contribution in [0.3, 0.4) is 0 Å². The molecule has 1 atom stereocenters. The van der Waals surface area contributed by atoms with E-state index in [9.17, 15) is 8.76 Å². The lowest BCUT2D eigenvalue weighted by atomic mass is 10.2. The van der Waals surface area contributed by atoms with Crippen molar-refractivity contribution in [2.75, 3.05) is 28.2 Å². The predicted molar refractivity (Wildman–Crippen MR) is 73.4 cm³/mol. The van der Waals surface area contributed by atoms with Crippen LogP contribution < -0.4 is 5.73 Å². The highest BCUT2D eigenvalue weighted by Crippen LogP contribution is 2.05. The highest BCUT2D eigenvalue weighted by Gasteiger charge is 2.00. The third-order valence-corrected chi connectivity index (χ3v) is 2.79. The topological polar surface area (TPSA) is 72.4 Å². The lowest BCUT2D eigenvalue weighted by Crippen LogP contribution is -2.36. The van der Waals surface area contributed by atoms with Gasteiger partial charge in [-0.25, -0.2) is 0 Å². The zero-order valence-electron chi connectivity index (χ0n) is 11.5. The Balaban J connectivity index is 0.000000331. The van der Waals surface area contributed by atoms with Gasteiger partial charge in [-0.2, -0.15) is 0 Å². The number of rotatable bonds is 1. The van der Waals surface area contributed by atoms with Gasteiger partial charge in [0, 0.05) is 4.90 Å². The van der Waals surface area contributed by atoms with E-state index in [2.05, 4.69) is 0 Å². The normalized spacial score (nSPS) is 11.0. The lowest BCUT2D eigenvalue weighted by Gasteiger charge is -2.04. The van der Waals surface area contributed by atoms with Gasteiger partial charge in [0.15, 0.2) is 0 Å². The highest BCUT2D eigenvalue weighted by atomic mass is 32.2. The van der Waals surface area contributed by atoms with E-state index in [1.54, 1.807) is 24.3 Å². The van der Waals surface area contributed by atoms with Crippen LogP contribution in [0.4, 0.5) is 0 Å². The number of hydrogen-bond donors (Lipinski definition) is 1. The van der Waals surface area contributed by atoms with Gasteiger partial charge in [0.25, 0.3) is 0 Å². The first kappa shape index (κ1) is 16.6. The number of aryl methyl sites for hydroxylation is 1. The molecule has 5 nitrogen and oxygen atoms in total. The average molecular weight is 271 g/mol. The summed E-state index contributed by atoms with van der Waals surface area (Å²) in [5.74, 6) is 0.769. The van der Waals surface area contributed by atoms with Crippen LogP contribution in [0.1, 0.15) is 5.56 Å². The molecule has 6 heteroatoms. The van der Waals surface area contributed by atoms with Crippen LogP contribution in [0.5, 0.6) is 0 Å². The van der Waals surface area contributed by atoms with Crippen molar-refractivity contribution in [1.29, 1.82) is 0 Å². The Hall–Kier alpha value is -1.40. The van der Waals surface area contributed by atoms with Crippen molar-refractivity contribution >= 4 is 17.0 Å². The standard InChI is InChI=1S/C7H8O2S.C5H13N3/c1-6-2-4-7(5-3-6)10(8)9;1-7(2)5(6)8(3)4/h2-5H,1H3,(H,8,9);6H,1-4H3. The van der Waals surface area contributed by atoms with Crippen LogP contribution in [-0.4, -0.2) is 52.4 Å². The van der Waals surface area contributed by atoms with E-state index in [0.717, 1.165) is 11.5 Å². The lowest BCUT2D eigenvalue weighted by molar-refractivity contribution is -0.470. The molecule has 0 radical (unpaired) electrons. The molecule has 0 amide bonds. The Kier molecular flexibility index (Phi) is 7.23. The second-order valence-corrected chi connectivity index (χ2v) is 5.14. The second-order valence-electron chi connectivity index (χ2n) is 4.19. The summed E-state index contributed by atoms with van der Waals surface area (Å²) < 4.78 is 22.5. The van der Waals surface area contributed by atoms with Gasteiger partial charge in [0.2, 0.25) is 0 Å². The summed E-state index contributed by atoms with van der Waals surface area (Å²) >= 11 is -2.09. The molecule has 102 valence electrons. The second kappa shape index (κ2) is 7.84. The minimum atomic E-state index is -2.09. The molecule has 1 rings (SSSR count). The fraction of sp³-hybridized carbons (Fsp3) is 0.417. The van der Waals surface area contributed by atoms with Crippen molar-refractivity contribution in [3.8, 4) is 0 Å². The fourth-order valence-corrected chi connectivity index (χ4v) is 1.41. The van der Waals surface area contributed by atoms with Crippen LogP contribution in [0, 0.1) is 6.92 Å². The monoisotopic (exact) mass is 271 g/mol. The Morgan fingerprint density at radius 2 is 1.72 bits per heavy atom. The molecule has 0 aromatic heterocycles.